The van der Waals surface area contributed by atoms with Gasteiger partial charge in [0.05, 0.1) is 13.2 Å². The predicted molar refractivity (Wildman–Crippen MR) is 139 cm³/mol. The maximum atomic E-state index is 6.22. The topological polar surface area (TPSA) is 27.7 Å². The van der Waals surface area contributed by atoms with Gasteiger partial charge in [-0.1, -0.05) is 89.5 Å². The van der Waals surface area contributed by atoms with Crippen LogP contribution in [0.25, 0.3) is 10.8 Å². The summed E-state index contributed by atoms with van der Waals surface area (Å²) >= 11 is 0. The van der Waals surface area contributed by atoms with E-state index >= 15 is 0 Å². The summed E-state index contributed by atoms with van der Waals surface area (Å²) in [6, 6.07) is 20.3. The van der Waals surface area contributed by atoms with Crippen LogP contribution in [-0.2, 0) is 0 Å². The van der Waals surface area contributed by atoms with Crippen LogP contribution in [0.3, 0.4) is 0 Å². The number of benzene rings is 3. The Morgan fingerprint density at radius 1 is 0.515 bits per heavy atom. The quantitative estimate of drug-likeness (QED) is 0.204. The Morgan fingerprint density at radius 3 is 1.85 bits per heavy atom. The first-order valence-corrected chi connectivity index (χ1v) is 12.9. The van der Waals surface area contributed by atoms with Crippen LogP contribution >= 0.6 is 0 Å². The molecule has 0 N–H and O–H groups in total. The van der Waals surface area contributed by atoms with Crippen molar-refractivity contribution >= 4 is 10.8 Å². The molecule has 0 amide bonds. The Morgan fingerprint density at radius 2 is 1.15 bits per heavy atom. The van der Waals surface area contributed by atoms with Crippen LogP contribution in [0.5, 0.6) is 23.0 Å². The van der Waals surface area contributed by atoms with Gasteiger partial charge < -0.3 is 14.2 Å². The maximum Gasteiger partial charge on any atom is 0.169 e. The van der Waals surface area contributed by atoms with Gasteiger partial charge in [0.1, 0.15) is 11.5 Å². The summed E-state index contributed by atoms with van der Waals surface area (Å²) in [7, 11) is 0. The van der Waals surface area contributed by atoms with Gasteiger partial charge in [0.15, 0.2) is 11.5 Å². The number of ether oxygens (including phenoxy) is 3. The molecule has 178 valence electrons. The molecule has 0 saturated carbocycles. The lowest BCUT2D eigenvalue weighted by molar-refractivity contribution is 0.291. The van der Waals surface area contributed by atoms with Gasteiger partial charge in [-0.15, -0.1) is 0 Å². The highest BCUT2D eigenvalue weighted by molar-refractivity contribution is 5.87. The molecule has 0 spiro atoms. The minimum atomic E-state index is 0.708. The lowest BCUT2D eigenvalue weighted by Crippen LogP contribution is -2.00. The van der Waals surface area contributed by atoms with Crippen molar-refractivity contribution in [1.29, 1.82) is 0 Å². The molecule has 0 atom stereocenters. The van der Waals surface area contributed by atoms with Gasteiger partial charge >= 0.3 is 0 Å². The van der Waals surface area contributed by atoms with Crippen molar-refractivity contribution in [3.63, 3.8) is 0 Å². The van der Waals surface area contributed by atoms with Crippen LogP contribution in [0.15, 0.2) is 60.7 Å². The van der Waals surface area contributed by atoms with E-state index in [0.717, 1.165) is 53.2 Å². The van der Waals surface area contributed by atoms with Crippen LogP contribution < -0.4 is 14.2 Å². The van der Waals surface area contributed by atoms with Gasteiger partial charge in [-0.3, -0.25) is 0 Å². The molecule has 0 aliphatic carbocycles. The molecule has 3 aromatic carbocycles. The minimum absolute atomic E-state index is 0.708. The van der Waals surface area contributed by atoms with E-state index in [4.69, 9.17) is 14.2 Å². The van der Waals surface area contributed by atoms with E-state index in [1.54, 1.807) is 0 Å². The van der Waals surface area contributed by atoms with Crippen molar-refractivity contribution in [2.45, 2.75) is 78.1 Å². The maximum absolute atomic E-state index is 6.22. The first-order valence-electron chi connectivity index (χ1n) is 12.9. The van der Waals surface area contributed by atoms with Crippen LogP contribution in [0.4, 0.5) is 0 Å². The van der Waals surface area contributed by atoms with Crippen molar-refractivity contribution < 1.29 is 14.2 Å². The Bertz CT molecular complexity index is 936. The van der Waals surface area contributed by atoms with E-state index in [1.807, 2.05) is 30.3 Å². The van der Waals surface area contributed by atoms with Crippen molar-refractivity contribution in [2.24, 2.45) is 0 Å². The first-order chi connectivity index (χ1) is 16.3. The molecule has 0 heterocycles. The van der Waals surface area contributed by atoms with Crippen molar-refractivity contribution in [2.75, 3.05) is 13.2 Å². The third-order valence-electron chi connectivity index (χ3n) is 5.87. The van der Waals surface area contributed by atoms with E-state index in [-0.39, 0.29) is 0 Å². The Labute approximate surface area is 200 Å². The Balaban J connectivity index is 1.69. The van der Waals surface area contributed by atoms with Gasteiger partial charge in [0.25, 0.3) is 0 Å². The van der Waals surface area contributed by atoms with E-state index in [0.29, 0.717) is 6.61 Å². The Hall–Kier alpha value is -2.68. The average Bonchev–Trinajstić information content (AvgIpc) is 2.84. The second-order valence-corrected chi connectivity index (χ2v) is 8.75. The molecule has 3 heteroatoms. The lowest BCUT2D eigenvalue weighted by Gasteiger charge is -2.15. The molecule has 0 aliphatic heterocycles. The predicted octanol–water partition coefficient (Wildman–Crippen LogP) is 9.33. The molecule has 0 unspecified atom stereocenters. The van der Waals surface area contributed by atoms with E-state index in [1.165, 1.54) is 51.4 Å². The first kappa shape index (κ1) is 25.0. The summed E-state index contributed by atoms with van der Waals surface area (Å²) in [6.45, 7) is 5.95. The summed E-state index contributed by atoms with van der Waals surface area (Å²) in [5.74, 6) is 3.27. The van der Waals surface area contributed by atoms with E-state index in [2.05, 4.69) is 44.2 Å². The summed E-state index contributed by atoms with van der Waals surface area (Å²) in [6.07, 6.45) is 12.3. The van der Waals surface area contributed by atoms with Gasteiger partial charge in [-0.2, -0.15) is 0 Å². The summed E-state index contributed by atoms with van der Waals surface area (Å²) < 4.78 is 18.4. The average molecular weight is 449 g/mol. The van der Waals surface area contributed by atoms with Gasteiger partial charge in [-0.25, -0.2) is 0 Å². The smallest absolute Gasteiger partial charge is 0.169 e. The minimum Gasteiger partial charge on any atom is -0.494 e. The van der Waals surface area contributed by atoms with Gasteiger partial charge in [0.2, 0.25) is 0 Å². The molecule has 0 bridgehead atoms. The summed E-state index contributed by atoms with van der Waals surface area (Å²) in [5.41, 5.74) is 0. The fourth-order valence-electron chi connectivity index (χ4n) is 3.92. The van der Waals surface area contributed by atoms with Crippen molar-refractivity contribution in [1.82, 2.24) is 0 Å². The van der Waals surface area contributed by atoms with Crippen LogP contribution in [0.1, 0.15) is 78.1 Å². The van der Waals surface area contributed by atoms with Crippen LogP contribution in [-0.4, -0.2) is 13.2 Å². The SMILES string of the molecule is CCCCCCCOc1ccc2cc(OCCCCCCC)c(Oc3ccccc3)cc2c1. The number of rotatable bonds is 16. The standard InChI is InChI=1S/C30H40O3/c1-3-5-7-9-14-20-31-28-19-18-25-23-29(32-21-15-10-8-6-4-2)30(24-26(25)22-28)33-27-16-12-11-13-17-27/h11-13,16-19,22-24H,3-10,14-15,20-21H2,1-2H3. The second kappa shape index (κ2) is 14.5. The zero-order valence-electron chi connectivity index (χ0n) is 20.5. The summed E-state index contributed by atoms with van der Waals surface area (Å²) in [5, 5.41) is 2.23. The van der Waals surface area contributed by atoms with Gasteiger partial charge in [-0.05, 0) is 60.0 Å². The van der Waals surface area contributed by atoms with Crippen LogP contribution in [0.2, 0.25) is 0 Å². The van der Waals surface area contributed by atoms with E-state index in [9.17, 15) is 0 Å². The molecule has 0 fully saturated rings. The van der Waals surface area contributed by atoms with E-state index < -0.39 is 0 Å². The van der Waals surface area contributed by atoms with Crippen molar-refractivity contribution in [3.8, 4) is 23.0 Å². The fraction of sp³-hybridized carbons (Fsp3) is 0.467. The van der Waals surface area contributed by atoms with Crippen molar-refractivity contribution in [3.05, 3.63) is 60.7 Å². The fourth-order valence-corrected chi connectivity index (χ4v) is 3.92. The number of unbranched alkanes of at least 4 members (excludes halogenated alkanes) is 8. The highest BCUT2D eigenvalue weighted by atomic mass is 16.5. The number of hydrogen-bond acceptors (Lipinski definition) is 3. The third kappa shape index (κ3) is 8.64. The molecular weight excluding hydrogens is 408 g/mol. The molecule has 0 radical (unpaired) electrons. The number of fused-ring (bicyclic) bond motifs is 1. The van der Waals surface area contributed by atoms with Gasteiger partial charge in [0, 0.05) is 0 Å². The lowest BCUT2D eigenvalue weighted by atomic mass is 10.1. The summed E-state index contributed by atoms with van der Waals surface area (Å²) in [4.78, 5) is 0. The molecule has 0 aliphatic rings. The number of para-hydroxylation sites is 1. The molecule has 3 aromatic rings. The molecule has 0 aromatic heterocycles. The van der Waals surface area contributed by atoms with Crippen LogP contribution in [0, 0.1) is 0 Å². The molecule has 33 heavy (non-hydrogen) atoms. The highest BCUT2D eigenvalue weighted by Gasteiger charge is 2.10. The molecular formula is C30H40O3. The molecule has 3 nitrogen and oxygen atoms in total. The normalized spacial score (nSPS) is 11.0. The molecule has 3 rings (SSSR count). The third-order valence-corrected chi connectivity index (χ3v) is 5.87. The Kier molecular flexibility index (Phi) is 10.9. The zero-order chi connectivity index (χ0) is 23.1. The number of hydrogen-bond donors (Lipinski definition) is 0. The largest absolute Gasteiger partial charge is 0.494 e. The zero-order valence-corrected chi connectivity index (χ0v) is 20.5. The molecule has 0 saturated heterocycles. The second-order valence-electron chi connectivity index (χ2n) is 8.75. The monoisotopic (exact) mass is 448 g/mol. The highest BCUT2D eigenvalue weighted by Crippen LogP contribution is 2.37.